The maximum atomic E-state index is 5.36. The van der Waals surface area contributed by atoms with Crippen LogP contribution in [0.1, 0.15) is 63.5 Å². The van der Waals surface area contributed by atoms with Gasteiger partial charge in [0.05, 0.1) is 0 Å². The number of hydrogen-bond donors (Lipinski definition) is 0. The van der Waals surface area contributed by atoms with Crippen LogP contribution in [0.2, 0.25) is 0 Å². The average Bonchev–Trinajstić information content (AvgIpc) is 3.81. The molecule has 0 atom stereocenters. The first-order valence-electron chi connectivity index (χ1n) is 20.8. The Morgan fingerprint density at radius 3 is 1.81 bits per heavy atom. The number of nitrogens with zero attached hydrogens (tertiary/aromatic N) is 3. The van der Waals surface area contributed by atoms with Gasteiger partial charge in [0.2, 0.25) is 0 Å². The molecule has 0 radical (unpaired) electrons. The van der Waals surface area contributed by atoms with Crippen LogP contribution in [0.4, 0.5) is 0 Å². The van der Waals surface area contributed by atoms with E-state index < -0.39 is 0 Å². The van der Waals surface area contributed by atoms with Crippen molar-refractivity contribution in [2.45, 2.75) is 57.8 Å². The second-order valence-electron chi connectivity index (χ2n) is 15.7. The smallest absolute Gasteiger partial charge is 0.164 e. The molecule has 0 unspecified atom stereocenters. The van der Waals surface area contributed by atoms with Crippen molar-refractivity contribution in [2.75, 3.05) is 0 Å². The zero-order chi connectivity index (χ0) is 39.1. The van der Waals surface area contributed by atoms with Crippen molar-refractivity contribution in [2.24, 2.45) is 0 Å². The third kappa shape index (κ3) is 6.24. The van der Waals surface area contributed by atoms with E-state index in [4.69, 9.17) is 15.0 Å². The summed E-state index contributed by atoms with van der Waals surface area (Å²) in [7, 11) is 0. The van der Waals surface area contributed by atoms with Gasteiger partial charge in [-0.25, -0.2) is 15.0 Å². The second-order valence-corrected chi connectivity index (χ2v) is 16.7. The molecule has 282 valence electrons. The summed E-state index contributed by atoms with van der Waals surface area (Å²) in [4.78, 5) is 16.0. The minimum Gasteiger partial charge on any atom is -0.208 e. The summed E-state index contributed by atoms with van der Waals surface area (Å²) in [5.41, 5.74) is 13.2. The van der Waals surface area contributed by atoms with Crippen LogP contribution in [0, 0.1) is 0 Å². The molecule has 0 saturated carbocycles. The molecule has 1 aliphatic carbocycles. The van der Waals surface area contributed by atoms with Gasteiger partial charge in [0.1, 0.15) is 0 Å². The molecule has 2 aromatic heterocycles. The number of aromatic nitrogens is 3. The number of fused-ring (bicyclic) bond motifs is 6. The molecule has 0 saturated heterocycles. The van der Waals surface area contributed by atoms with Crippen molar-refractivity contribution in [1.29, 1.82) is 0 Å². The normalized spacial score (nSPS) is 12.9. The first kappa shape index (κ1) is 36.1. The van der Waals surface area contributed by atoms with Crippen LogP contribution in [0.25, 0.3) is 87.7 Å². The average molecular weight is 768 g/mol. The molecule has 9 aromatic rings. The van der Waals surface area contributed by atoms with Gasteiger partial charge >= 0.3 is 0 Å². The maximum absolute atomic E-state index is 5.36. The zero-order valence-corrected chi connectivity index (χ0v) is 33.9. The van der Waals surface area contributed by atoms with Gasteiger partial charge < -0.3 is 0 Å². The molecule has 0 fully saturated rings. The molecule has 10 rings (SSSR count). The first-order chi connectivity index (χ1) is 28.6. The van der Waals surface area contributed by atoms with Gasteiger partial charge in [-0.15, -0.1) is 11.3 Å². The second kappa shape index (κ2) is 15.3. The van der Waals surface area contributed by atoms with E-state index in [-0.39, 0.29) is 5.41 Å². The van der Waals surface area contributed by atoms with Crippen LogP contribution in [-0.4, -0.2) is 15.0 Å². The molecule has 0 amide bonds. The van der Waals surface area contributed by atoms with E-state index in [2.05, 4.69) is 178 Å². The predicted molar refractivity (Wildman–Crippen MR) is 245 cm³/mol. The fourth-order valence-corrected chi connectivity index (χ4v) is 10.5. The Labute approximate surface area is 345 Å². The van der Waals surface area contributed by atoms with E-state index in [1.807, 2.05) is 11.3 Å². The van der Waals surface area contributed by atoms with Crippen LogP contribution >= 0.6 is 11.3 Å². The third-order valence-corrected chi connectivity index (χ3v) is 13.4. The maximum Gasteiger partial charge on any atom is 0.164 e. The van der Waals surface area contributed by atoms with Crippen molar-refractivity contribution in [3.8, 4) is 67.5 Å². The topological polar surface area (TPSA) is 38.7 Å². The Morgan fingerprint density at radius 1 is 0.431 bits per heavy atom. The Hall–Kier alpha value is -6.23. The molecular formula is C54H45N3S. The van der Waals surface area contributed by atoms with Crippen LogP contribution in [0.15, 0.2) is 164 Å². The van der Waals surface area contributed by atoms with Gasteiger partial charge in [-0.05, 0) is 69.5 Å². The molecule has 58 heavy (non-hydrogen) atoms. The van der Waals surface area contributed by atoms with Crippen molar-refractivity contribution < 1.29 is 0 Å². The van der Waals surface area contributed by atoms with Gasteiger partial charge in [-0.2, -0.15) is 0 Å². The molecule has 3 nitrogen and oxygen atoms in total. The molecule has 7 aromatic carbocycles. The number of rotatable bonds is 11. The van der Waals surface area contributed by atoms with Gasteiger partial charge in [0.25, 0.3) is 0 Å². The Morgan fingerprint density at radius 2 is 1.00 bits per heavy atom. The highest BCUT2D eigenvalue weighted by Crippen LogP contribution is 2.56. The summed E-state index contributed by atoms with van der Waals surface area (Å²) in [6, 6.07) is 59.2. The van der Waals surface area contributed by atoms with Gasteiger partial charge in [0, 0.05) is 42.3 Å². The summed E-state index contributed by atoms with van der Waals surface area (Å²) >= 11 is 1.86. The summed E-state index contributed by atoms with van der Waals surface area (Å²) in [6.45, 7) is 4.62. The molecule has 0 spiro atoms. The van der Waals surface area contributed by atoms with Crippen molar-refractivity contribution in [3.05, 3.63) is 175 Å². The molecular weight excluding hydrogens is 723 g/mol. The lowest BCUT2D eigenvalue weighted by Gasteiger charge is -2.32. The Kier molecular flexibility index (Phi) is 9.51. The van der Waals surface area contributed by atoms with Crippen molar-refractivity contribution >= 4 is 31.5 Å². The highest BCUT2D eigenvalue weighted by Gasteiger charge is 2.43. The van der Waals surface area contributed by atoms with Crippen LogP contribution in [0.5, 0.6) is 0 Å². The highest BCUT2D eigenvalue weighted by atomic mass is 32.1. The minimum absolute atomic E-state index is 0.0240. The van der Waals surface area contributed by atoms with Crippen molar-refractivity contribution in [3.63, 3.8) is 0 Å². The largest absolute Gasteiger partial charge is 0.208 e. The summed E-state index contributed by atoms with van der Waals surface area (Å²) in [5.74, 6) is 2.05. The number of hydrogen-bond acceptors (Lipinski definition) is 4. The van der Waals surface area contributed by atoms with Crippen LogP contribution < -0.4 is 0 Å². The lowest BCUT2D eigenvalue weighted by Crippen LogP contribution is -2.25. The van der Waals surface area contributed by atoms with E-state index in [1.54, 1.807) is 0 Å². The standard InChI is InChI=1S/C54H45N3S/c1-3-5-33-54(34-6-4-2)46-26-12-10-22-44(46)49-45(25-16-27-47(49)54)53-56-51(55-52(57-53)40-20-14-19-39(35-40)36-17-8-7-9-18-36)38-31-29-37(30-32-38)41-23-15-24-43-42-21-11-13-28-48(42)58-50(41)43/h7-32,35H,3-6,33-34H2,1-2H3. The lowest BCUT2D eigenvalue weighted by molar-refractivity contribution is 0.414. The van der Waals surface area contributed by atoms with E-state index in [1.165, 1.54) is 79.2 Å². The minimum atomic E-state index is -0.0240. The summed E-state index contributed by atoms with van der Waals surface area (Å²) in [5, 5.41) is 2.61. The quantitative estimate of drug-likeness (QED) is 0.132. The summed E-state index contributed by atoms with van der Waals surface area (Å²) < 4.78 is 2.62. The van der Waals surface area contributed by atoms with E-state index >= 15 is 0 Å². The fourth-order valence-electron chi connectivity index (χ4n) is 9.31. The molecule has 0 bridgehead atoms. The van der Waals surface area contributed by atoms with E-state index in [0.717, 1.165) is 40.7 Å². The molecule has 4 heteroatoms. The fraction of sp³-hybridized carbons (Fsp3) is 0.167. The number of unbranched alkanes of at least 4 members (excludes halogenated alkanes) is 2. The zero-order valence-electron chi connectivity index (χ0n) is 33.1. The van der Waals surface area contributed by atoms with Crippen LogP contribution in [0.3, 0.4) is 0 Å². The third-order valence-electron chi connectivity index (χ3n) is 12.2. The van der Waals surface area contributed by atoms with Gasteiger partial charge in [-0.1, -0.05) is 191 Å². The SMILES string of the molecule is CCCCC1(CCCC)c2ccccc2-c2c(-c3nc(-c4ccc(-c5cccc6c5sc5ccccc56)cc4)nc(-c4cccc(-c5ccccc5)c4)n3)cccc21. The van der Waals surface area contributed by atoms with E-state index in [0.29, 0.717) is 17.5 Å². The lowest BCUT2D eigenvalue weighted by atomic mass is 9.71. The number of thiophene rings is 1. The molecule has 0 aliphatic heterocycles. The Balaban J connectivity index is 1.14. The highest BCUT2D eigenvalue weighted by molar-refractivity contribution is 7.26. The Bertz CT molecular complexity index is 2920. The first-order valence-corrected chi connectivity index (χ1v) is 21.6. The number of benzene rings is 7. The predicted octanol–water partition coefficient (Wildman–Crippen LogP) is 15.2. The van der Waals surface area contributed by atoms with E-state index in [9.17, 15) is 0 Å². The van der Waals surface area contributed by atoms with Crippen LogP contribution in [-0.2, 0) is 5.41 Å². The summed E-state index contributed by atoms with van der Waals surface area (Å²) in [6.07, 6.45) is 6.99. The monoisotopic (exact) mass is 767 g/mol. The van der Waals surface area contributed by atoms with Crippen molar-refractivity contribution in [1.82, 2.24) is 15.0 Å². The molecule has 1 aliphatic rings. The molecule has 0 N–H and O–H groups in total. The molecule has 2 heterocycles. The van der Waals surface area contributed by atoms with Gasteiger partial charge in [-0.3, -0.25) is 0 Å². The van der Waals surface area contributed by atoms with Gasteiger partial charge in [0.15, 0.2) is 17.5 Å².